The number of halogens is 1. The normalized spacial score (nSPS) is 12.3. The van der Waals surface area contributed by atoms with Crippen LogP contribution in [0.4, 0.5) is 4.39 Å². The second kappa shape index (κ2) is 11.0. The topological polar surface area (TPSA) is 88.7 Å². The monoisotopic (exact) mass is 400 g/mol. The Balaban J connectivity index is 2.04. The molecule has 1 amide bonds. The minimum atomic E-state index is -0.446. The summed E-state index contributed by atoms with van der Waals surface area (Å²) in [5, 5.41) is 6.34. The van der Waals surface area contributed by atoms with Crippen molar-refractivity contribution >= 4 is 11.9 Å². The highest BCUT2D eigenvalue weighted by Crippen LogP contribution is 2.20. The zero-order valence-corrected chi connectivity index (χ0v) is 17.2. The van der Waals surface area contributed by atoms with Crippen LogP contribution in [0.3, 0.4) is 0 Å². The summed E-state index contributed by atoms with van der Waals surface area (Å²) < 4.78 is 18.5. The average Bonchev–Trinajstić information content (AvgIpc) is 2.70. The predicted octanol–water partition coefficient (Wildman–Crippen LogP) is 2.54. The molecule has 156 valence electrons. The van der Waals surface area contributed by atoms with Crippen molar-refractivity contribution in [3.63, 3.8) is 0 Å². The number of amides is 1. The molecule has 4 N–H and O–H groups in total. The first-order valence-corrected chi connectivity index (χ1v) is 9.62. The summed E-state index contributed by atoms with van der Waals surface area (Å²) in [5.74, 6) is 0.197. The zero-order valence-electron chi connectivity index (χ0n) is 17.2. The van der Waals surface area contributed by atoms with Gasteiger partial charge in [-0.25, -0.2) is 9.38 Å². The summed E-state index contributed by atoms with van der Waals surface area (Å²) in [6.07, 6.45) is 0.424. The lowest BCUT2D eigenvalue weighted by molar-refractivity contribution is -0.121. The molecule has 0 radical (unpaired) electrons. The molecule has 0 aliphatic heterocycles. The van der Waals surface area contributed by atoms with E-state index in [-0.39, 0.29) is 5.82 Å². The smallest absolute Gasteiger partial charge is 0.222 e. The van der Waals surface area contributed by atoms with Crippen LogP contribution < -0.4 is 21.1 Å². The van der Waals surface area contributed by atoms with E-state index < -0.39 is 11.8 Å². The predicted molar refractivity (Wildman–Crippen MR) is 113 cm³/mol. The summed E-state index contributed by atoms with van der Waals surface area (Å²) >= 11 is 0. The van der Waals surface area contributed by atoms with E-state index in [0.29, 0.717) is 32.0 Å². The second-order valence-electron chi connectivity index (χ2n) is 6.82. The third kappa shape index (κ3) is 7.10. The highest BCUT2D eigenvalue weighted by atomic mass is 19.1. The molecule has 29 heavy (non-hydrogen) atoms. The van der Waals surface area contributed by atoms with Gasteiger partial charge in [-0.3, -0.25) is 4.79 Å². The van der Waals surface area contributed by atoms with Gasteiger partial charge in [0, 0.05) is 18.7 Å². The van der Waals surface area contributed by atoms with E-state index in [1.165, 1.54) is 12.1 Å². The highest BCUT2D eigenvalue weighted by Gasteiger charge is 2.17. The lowest BCUT2D eigenvalue weighted by Gasteiger charge is -2.17. The molecule has 7 heteroatoms. The maximum absolute atomic E-state index is 13.1. The SMILES string of the molecule is CCNC(=NCc1ccc(C)cc1OC)NCC(Cc1ccc(F)cc1)C(N)=O. The van der Waals surface area contributed by atoms with E-state index in [0.717, 1.165) is 22.4 Å². The van der Waals surface area contributed by atoms with Crippen LogP contribution in [-0.4, -0.2) is 32.1 Å². The van der Waals surface area contributed by atoms with E-state index in [2.05, 4.69) is 15.6 Å². The van der Waals surface area contributed by atoms with Gasteiger partial charge < -0.3 is 21.1 Å². The Morgan fingerprint density at radius 2 is 1.93 bits per heavy atom. The van der Waals surface area contributed by atoms with E-state index >= 15 is 0 Å². The van der Waals surface area contributed by atoms with E-state index in [4.69, 9.17) is 10.5 Å². The first-order chi connectivity index (χ1) is 13.9. The first kappa shape index (κ1) is 22.2. The van der Waals surface area contributed by atoms with Crippen molar-refractivity contribution in [3.8, 4) is 5.75 Å². The van der Waals surface area contributed by atoms with Crippen LogP contribution in [0.5, 0.6) is 5.75 Å². The number of rotatable bonds is 9. The summed E-state index contributed by atoms with van der Waals surface area (Å²) in [5.41, 5.74) is 8.49. The molecule has 0 aliphatic carbocycles. The Labute approximate surface area is 171 Å². The number of hydrogen-bond donors (Lipinski definition) is 3. The van der Waals surface area contributed by atoms with Crippen molar-refractivity contribution in [2.45, 2.75) is 26.8 Å². The van der Waals surface area contributed by atoms with Crippen LogP contribution in [0.2, 0.25) is 0 Å². The van der Waals surface area contributed by atoms with Gasteiger partial charge in [0.05, 0.1) is 19.6 Å². The number of carbonyl (C=O) groups is 1. The summed E-state index contributed by atoms with van der Waals surface area (Å²) in [4.78, 5) is 16.5. The molecular weight excluding hydrogens is 371 g/mol. The van der Waals surface area contributed by atoms with Crippen molar-refractivity contribution in [1.82, 2.24) is 10.6 Å². The Hall–Kier alpha value is -3.09. The number of aliphatic imine (C=N–C) groups is 1. The molecule has 6 nitrogen and oxygen atoms in total. The Morgan fingerprint density at radius 1 is 1.21 bits per heavy atom. The molecule has 2 aromatic rings. The van der Waals surface area contributed by atoms with E-state index in [9.17, 15) is 9.18 Å². The largest absolute Gasteiger partial charge is 0.496 e. The standard InChI is InChI=1S/C22H29FN4O2/c1-4-25-22(26-13-17-8-5-15(2)11-20(17)29-3)27-14-18(21(24)28)12-16-6-9-19(23)10-7-16/h5-11,18H,4,12-14H2,1-3H3,(H2,24,28)(H2,25,26,27). The number of nitrogens with one attached hydrogen (secondary N) is 2. The molecule has 0 saturated heterocycles. The minimum absolute atomic E-state index is 0.310. The maximum Gasteiger partial charge on any atom is 0.222 e. The third-order valence-corrected chi connectivity index (χ3v) is 4.51. The summed E-state index contributed by atoms with van der Waals surface area (Å²) in [7, 11) is 1.64. The van der Waals surface area contributed by atoms with Crippen molar-refractivity contribution in [1.29, 1.82) is 0 Å². The van der Waals surface area contributed by atoms with Crippen molar-refractivity contribution < 1.29 is 13.9 Å². The molecule has 0 saturated carbocycles. The van der Waals surface area contributed by atoms with Crippen molar-refractivity contribution in [2.75, 3.05) is 20.2 Å². The fourth-order valence-corrected chi connectivity index (χ4v) is 2.89. The van der Waals surface area contributed by atoms with Gasteiger partial charge in [0.1, 0.15) is 11.6 Å². The third-order valence-electron chi connectivity index (χ3n) is 4.51. The number of nitrogens with zero attached hydrogens (tertiary/aromatic N) is 1. The summed E-state index contributed by atoms with van der Waals surface area (Å²) in [6, 6.07) is 12.0. The van der Waals surface area contributed by atoms with Gasteiger partial charge in [-0.1, -0.05) is 24.3 Å². The van der Waals surface area contributed by atoms with Crippen molar-refractivity contribution in [3.05, 3.63) is 65.0 Å². The number of methoxy groups -OCH3 is 1. The highest BCUT2D eigenvalue weighted by molar-refractivity contribution is 5.82. The molecule has 0 spiro atoms. The van der Waals surface area contributed by atoms with Gasteiger partial charge >= 0.3 is 0 Å². The van der Waals surface area contributed by atoms with Crippen LogP contribution >= 0.6 is 0 Å². The van der Waals surface area contributed by atoms with Crippen molar-refractivity contribution in [2.24, 2.45) is 16.6 Å². The van der Waals surface area contributed by atoms with Crippen LogP contribution in [0.15, 0.2) is 47.5 Å². The Kier molecular flexibility index (Phi) is 8.45. The number of ether oxygens (including phenoxy) is 1. The van der Waals surface area contributed by atoms with Gasteiger partial charge in [0.15, 0.2) is 5.96 Å². The first-order valence-electron chi connectivity index (χ1n) is 9.62. The second-order valence-corrected chi connectivity index (χ2v) is 6.82. The molecule has 0 aliphatic rings. The number of nitrogens with two attached hydrogens (primary N) is 1. The molecule has 1 unspecified atom stereocenters. The zero-order chi connectivity index (χ0) is 21.2. The fraction of sp³-hybridized carbons (Fsp3) is 0.364. The summed E-state index contributed by atoms with van der Waals surface area (Å²) in [6.45, 7) is 5.40. The molecule has 0 bridgehead atoms. The lowest BCUT2D eigenvalue weighted by atomic mass is 9.98. The van der Waals surface area contributed by atoms with Gasteiger partial charge in [-0.05, 0) is 49.6 Å². The van der Waals surface area contributed by atoms with Gasteiger partial charge in [0.25, 0.3) is 0 Å². The molecular formula is C22H29FN4O2. The van der Waals surface area contributed by atoms with Gasteiger partial charge in [0.2, 0.25) is 5.91 Å². The maximum atomic E-state index is 13.1. The number of guanidine groups is 1. The van der Waals surface area contributed by atoms with E-state index in [1.807, 2.05) is 32.0 Å². The average molecular weight is 400 g/mol. The van der Waals surface area contributed by atoms with Gasteiger partial charge in [-0.2, -0.15) is 0 Å². The quantitative estimate of drug-likeness (QED) is 0.446. The number of hydrogen-bond acceptors (Lipinski definition) is 3. The van der Waals surface area contributed by atoms with Gasteiger partial charge in [-0.15, -0.1) is 0 Å². The number of carbonyl (C=O) groups excluding carboxylic acids is 1. The molecule has 2 aromatic carbocycles. The van der Waals surface area contributed by atoms with Crippen LogP contribution in [0, 0.1) is 18.7 Å². The van der Waals surface area contributed by atoms with E-state index in [1.54, 1.807) is 19.2 Å². The van der Waals surface area contributed by atoms with Crippen LogP contribution in [0.1, 0.15) is 23.6 Å². The molecule has 0 aromatic heterocycles. The minimum Gasteiger partial charge on any atom is -0.496 e. The fourth-order valence-electron chi connectivity index (χ4n) is 2.89. The Bertz CT molecular complexity index is 837. The lowest BCUT2D eigenvalue weighted by Crippen LogP contribution is -2.43. The Morgan fingerprint density at radius 3 is 2.55 bits per heavy atom. The number of benzene rings is 2. The molecule has 0 heterocycles. The number of primary amides is 1. The molecule has 0 fully saturated rings. The van der Waals surface area contributed by atoms with Crippen LogP contribution in [-0.2, 0) is 17.8 Å². The number of aryl methyl sites for hydroxylation is 1. The molecule has 2 rings (SSSR count). The molecule has 1 atom stereocenters. The van der Waals surface area contributed by atoms with Crippen LogP contribution in [0.25, 0.3) is 0 Å².